The SMILES string of the molecule is CC#CCCn1ccn(CC)c1=O. The molecule has 0 atom stereocenters. The predicted octanol–water partition coefficient (Wildman–Crippen LogP) is 1.08. The molecule has 0 fully saturated rings. The standard InChI is InChI=1S/C10H14N2O/c1-3-5-6-7-12-9-8-11(4-2)10(12)13/h8-9H,4,6-7H2,1-2H3. The van der Waals surface area contributed by atoms with Gasteiger partial charge in [0.05, 0.1) is 0 Å². The third-order valence-electron chi connectivity index (χ3n) is 1.91. The fraction of sp³-hybridized carbons (Fsp3) is 0.500. The topological polar surface area (TPSA) is 26.9 Å². The van der Waals surface area contributed by atoms with Crippen LogP contribution in [0.5, 0.6) is 0 Å². The zero-order valence-electron chi connectivity index (χ0n) is 8.08. The maximum Gasteiger partial charge on any atom is 0.328 e. The van der Waals surface area contributed by atoms with E-state index >= 15 is 0 Å². The van der Waals surface area contributed by atoms with E-state index in [1.807, 2.05) is 19.3 Å². The van der Waals surface area contributed by atoms with Crippen molar-refractivity contribution >= 4 is 0 Å². The van der Waals surface area contributed by atoms with Gasteiger partial charge in [-0.1, -0.05) is 0 Å². The fourth-order valence-electron chi connectivity index (χ4n) is 1.17. The minimum atomic E-state index is 0.0559. The first kappa shape index (κ1) is 9.66. The molecule has 0 bridgehead atoms. The van der Waals surface area contributed by atoms with E-state index in [0.29, 0.717) is 6.54 Å². The molecular weight excluding hydrogens is 164 g/mol. The summed E-state index contributed by atoms with van der Waals surface area (Å²) in [5.41, 5.74) is 0.0559. The molecule has 0 aliphatic heterocycles. The van der Waals surface area contributed by atoms with Crippen molar-refractivity contribution in [3.05, 3.63) is 22.9 Å². The minimum absolute atomic E-state index is 0.0559. The van der Waals surface area contributed by atoms with Crippen LogP contribution in [0.4, 0.5) is 0 Å². The Morgan fingerprint density at radius 3 is 2.62 bits per heavy atom. The van der Waals surface area contributed by atoms with E-state index in [2.05, 4.69) is 11.8 Å². The second-order valence-corrected chi connectivity index (χ2v) is 2.74. The van der Waals surface area contributed by atoms with Crippen LogP contribution in [0.25, 0.3) is 0 Å². The summed E-state index contributed by atoms with van der Waals surface area (Å²) in [5.74, 6) is 5.74. The molecule has 0 aromatic carbocycles. The number of aromatic nitrogens is 2. The van der Waals surface area contributed by atoms with E-state index in [-0.39, 0.29) is 5.69 Å². The second kappa shape index (κ2) is 4.56. The highest BCUT2D eigenvalue weighted by atomic mass is 16.1. The Bertz CT molecular complexity index is 376. The Balaban J connectivity index is 2.71. The first-order valence-electron chi connectivity index (χ1n) is 4.44. The third-order valence-corrected chi connectivity index (χ3v) is 1.91. The Morgan fingerprint density at radius 2 is 2.08 bits per heavy atom. The largest absolute Gasteiger partial charge is 0.328 e. The number of hydrogen-bond donors (Lipinski definition) is 0. The predicted molar refractivity (Wildman–Crippen MR) is 52.4 cm³/mol. The molecule has 0 N–H and O–H groups in total. The van der Waals surface area contributed by atoms with Gasteiger partial charge < -0.3 is 0 Å². The molecule has 1 aromatic heterocycles. The van der Waals surface area contributed by atoms with Crippen LogP contribution in [0.15, 0.2) is 17.2 Å². The molecule has 1 heterocycles. The molecule has 0 unspecified atom stereocenters. The van der Waals surface area contributed by atoms with Crippen molar-refractivity contribution in [3.8, 4) is 11.8 Å². The van der Waals surface area contributed by atoms with E-state index < -0.39 is 0 Å². The average molecular weight is 178 g/mol. The maximum atomic E-state index is 11.5. The lowest BCUT2D eigenvalue weighted by Crippen LogP contribution is -2.23. The molecule has 0 radical (unpaired) electrons. The molecule has 3 heteroatoms. The first-order chi connectivity index (χ1) is 6.29. The molecule has 1 aromatic rings. The van der Waals surface area contributed by atoms with Crippen LogP contribution in [0.1, 0.15) is 20.3 Å². The average Bonchev–Trinajstić information content (AvgIpc) is 2.48. The summed E-state index contributed by atoms with van der Waals surface area (Å²) >= 11 is 0. The van der Waals surface area contributed by atoms with Crippen molar-refractivity contribution in [1.29, 1.82) is 0 Å². The molecule has 0 spiro atoms. The Hall–Kier alpha value is -1.43. The van der Waals surface area contributed by atoms with E-state index in [1.54, 1.807) is 16.1 Å². The van der Waals surface area contributed by atoms with Crippen molar-refractivity contribution in [2.24, 2.45) is 0 Å². The zero-order valence-corrected chi connectivity index (χ0v) is 8.08. The first-order valence-corrected chi connectivity index (χ1v) is 4.44. The monoisotopic (exact) mass is 178 g/mol. The second-order valence-electron chi connectivity index (χ2n) is 2.74. The normalized spacial score (nSPS) is 9.38. The minimum Gasteiger partial charge on any atom is -0.300 e. The van der Waals surface area contributed by atoms with Gasteiger partial charge in [-0.15, -0.1) is 11.8 Å². The quantitative estimate of drug-likeness (QED) is 0.636. The van der Waals surface area contributed by atoms with Gasteiger partial charge >= 0.3 is 5.69 Å². The van der Waals surface area contributed by atoms with E-state index in [4.69, 9.17) is 0 Å². The number of nitrogens with zero attached hydrogens (tertiary/aromatic N) is 2. The molecule has 0 saturated heterocycles. The number of hydrogen-bond acceptors (Lipinski definition) is 1. The summed E-state index contributed by atoms with van der Waals surface area (Å²) in [6.45, 7) is 5.18. The zero-order chi connectivity index (χ0) is 9.68. The number of aryl methyl sites for hydroxylation is 2. The van der Waals surface area contributed by atoms with Gasteiger partial charge in [0.25, 0.3) is 0 Å². The van der Waals surface area contributed by atoms with Gasteiger partial charge in [0.1, 0.15) is 0 Å². The summed E-state index contributed by atoms with van der Waals surface area (Å²) in [4.78, 5) is 11.5. The molecule has 13 heavy (non-hydrogen) atoms. The highest BCUT2D eigenvalue weighted by molar-refractivity contribution is 4.95. The van der Waals surface area contributed by atoms with Gasteiger partial charge in [-0.25, -0.2) is 4.79 Å². The van der Waals surface area contributed by atoms with Crippen molar-refractivity contribution < 1.29 is 0 Å². The molecule has 1 rings (SSSR count). The van der Waals surface area contributed by atoms with Crippen LogP contribution in [-0.2, 0) is 13.1 Å². The van der Waals surface area contributed by atoms with Crippen molar-refractivity contribution in [2.45, 2.75) is 33.4 Å². The van der Waals surface area contributed by atoms with Crippen molar-refractivity contribution in [2.75, 3.05) is 0 Å². The Morgan fingerprint density at radius 1 is 1.38 bits per heavy atom. The highest BCUT2D eigenvalue weighted by Crippen LogP contribution is 1.87. The molecule has 0 aliphatic carbocycles. The van der Waals surface area contributed by atoms with Crippen molar-refractivity contribution in [3.63, 3.8) is 0 Å². The van der Waals surface area contributed by atoms with Gasteiger partial charge in [0.2, 0.25) is 0 Å². The van der Waals surface area contributed by atoms with Gasteiger partial charge in [-0.3, -0.25) is 9.13 Å². The lowest BCUT2D eigenvalue weighted by molar-refractivity contribution is 0.637. The van der Waals surface area contributed by atoms with Crippen LogP contribution in [0, 0.1) is 11.8 Å². The molecule has 3 nitrogen and oxygen atoms in total. The van der Waals surface area contributed by atoms with Gasteiger partial charge in [0, 0.05) is 31.9 Å². The lowest BCUT2D eigenvalue weighted by Gasteiger charge is -1.95. The van der Waals surface area contributed by atoms with E-state index in [1.165, 1.54) is 0 Å². The summed E-state index contributed by atoms with van der Waals surface area (Å²) in [7, 11) is 0. The van der Waals surface area contributed by atoms with E-state index in [9.17, 15) is 4.79 Å². The fourth-order valence-corrected chi connectivity index (χ4v) is 1.17. The maximum absolute atomic E-state index is 11.5. The summed E-state index contributed by atoms with van der Waals surface area (Å²) in [5, 5.41) is 0. The van der Waals surface area contributed by atoms with Crippen LogP contribution in [0.3, 0.4) is 0 Å². The summed E-state index contributed by atoms with van der Waals surface area (Å²) in [6, 6.07) is 0. The summed E-state index contributed by atoms with van der Waals surface area (Å²) in [6.07, 6.45) is 4.36. The number of rotatable bonds is 3. The van der Waals surface area contributed by atoms with Gasteiger partial charge in [0.15, 0.2) is 0 Å². The smallest absolute Gasteiger partial charge is 0.300 e. The molecular formula is C10H14N2O. The van der Waals surface area contributed by atoms with Crippen molar-refractivity contribution in [1.82, 2.24) is 9.13 Å². The van der Waals surface area contributed by atoms with E-state index in [0.717, 1.165) is 13.0 Å². The molecule has 0 amide bonds. The molecule has 70 valence electrons. The van der Waals surface area contributed by atoms with Crippen LogP contribution < -0.4 is 5.69 Å². The third kappa shape index (κ3) is 2.25. The molecule has 0 aliphatic rings. The van der Waals surface area contributed by atoms with Crippen LogP contribution in [0.2, 0.25) is 0 Å². The van der Waals surface area contributed by atoms with Gasteiger partial charge in [-0.2, -0.15) is 0 Å². The lowest BCUT2D eigenvalue weighted by atomic mass is 10.4. The van der Waals surface area contributed by atoms with Crippen LogP contribution in [-0.4, -0.2) is 9.13 Å². The van der Waals surface area contributed by atoms with Gasteiger partial charge in [-0.05, 0) is 13.8 Å². The Labute approximate surface area is 78.0 Å². The highest BCUT2D eigenvalue weighted by Gasteiger charge is 1.98. The molecule has 0 saturated carbocycles. The summed E-state index contributed by atoms with van der Waals surface area (Å²) < 4.78 is 3.37. The van der Waals surface area contributed by atoms with Crippen LogP contribution >= 0.6 is 0 Å². The number of imidazole rings is 1. The Kier molecular flexibility index (Phi) is 3.39.